The van der Waals surface area contributed by atoms with Crippen LogP contribution in [-0.4, -0.2) is 37.3 Å². The molecule has 2 aliphatic rings. The average molecular weight is 479 g/mol. The normalized spacial score (nSPS) is 17.3. The van der Waals surface area contributed by atoms with E-state index < -0.39 is 0 Å². The summed E-state index contributed by atoms with van der Waals surface area (Å²) in [5.41, 5.74) is 1.65. The monoisotopic (exact) mass is 477 g/mol. The van der Waals surface area contributed by atoms with Crippen molar-refractivity contribution in [2.24, 2.45) is 5.41 Å². The van der Waals surface area contributed by atoms with Crippen LogP contribution in [0.2, 0.25) is 15.2 Å². The maximum Gasteiger partial charge on any atom is 0.141 e. The molecule has 1 saturated carbocycles. The first kappa shape index (κ1) is 20.9. The van der Waals surface area contributed by atoms with Crippen LogP contribution in [0.15, 0.2) is 24.4 Å². The Morgan fingerprint density at radius 3 is 2.19 bits per heavy atom. The van der Waals surface area contributed by atoms with Gasteiger partial charge in [-0.15, -0.1) is 0 Å². The molecule has 1 spiro atoms. The van der Waals surface area contributed by atoms with Crippen LogP contribution < -0.4 is 14.4 Å². The van der Waals surface area contributed by atoms with Crippen LogP contribution in [0.4, 0.5) is 5.82 Å². The van der Waals surface area contributed by atoms with E-state index in [-0.39, 0.29) is 0 Å². The van der Waals surface area contributed by atoms with Crippen LogP contribution in [0, 0.1) is 5.41 Å². The number of fused-ring (bicyclic) bond motifs is 1. The molecule has 1 aliphatic heterocycles. The molecule has 8 heteroatoms. The van der Waals surface area contributed by atoms with Crippen molar-refractivity contribution in [3.63, 3.8) is 0 Å². The van der Waals surface area contributed by atoms with Gasteiger partial charge in [0, 0.05) is 47.1 Å². The van der Waals surface area contributed by atoms with Gasteiger partial charge in [0.15, 0.2) is 0 Å². The van der Waals surface area contributed by atoms with Gasteiger partial charge >= 0.3 is 0 Å². The molecule has 3 heterocycles. The molecule has 0 atom stereocenters. The number of nitrogens with zero attached hydrogens (tertiary/aromatic N) is 3. The standard InChI is InChI=1S/C23H22Cl3N3O2/c1-30-16-9-17(31-2)21(26)19(20(16)25)15-7-13-10-27-18(24)8-14(13)22(28-15)29-11-23(12-29)5-3-4-6-23/h7-10H,3-6,11-12H2,1-2H3. The highest BCUT2D eigenvalue weighted by atomic mass is 35.5. The number of rotatable bonds is 4. The predicted octanol–water partition coefficient (Wildman–Crippen LogP) is 6.65. The van der Waals surface area contributed by atoms with Gasteiger partial charge in [0.1, 0.15) is 22.5 Å². The van der Waals surface area contributed by atoms with Crippen molar-refractivity contribution < 1.29 is 9.47 Å². The Morgan fingerprint density at radius 1 is 0.935 bits per heavy atom. The SMILES string of the molecule is COc1cc(OC)c(Cl)c(-c2cc3cnc(Cl)cc3c(N3CC4(CCCC4)C3)n2)c1Cl. The molecule has 0 radical (unpaired) electrons. The summed E-state index contributed by atoms with van der Waals surface area (Å²) in [5, 5.41) is 3.12. The molecule has 1 saturated heterocycles. The highest BCUT2D eigenvalue weighted by Crippen LogP contribution is 2.50. The summed E-state index contributed by atoms with van der Waals surface area (Å²) in [6.45, 7) is 2.00. The second kappa shape index (κ2) is 7.88. The number of methoxy groups -OCH3 is 2. The summed E-state index contributed by atoms with van der Waals surface area (Å²) < 4.78 is 10.9. The maximum absolute atomic E-state index is 6.68. The Morgan fingerprint density at radius 2 is 1.58 bits per heavy atom. The van der Waals surface area contributed by atoms with E-state index in [2.05, 4.69) is 9.88 Å². The summed E-state index contributed by atoms with van der Waals surface area (Å²) in [7, 11) is 3.12. The lowest BCUT2D eigenvalue weighted by atomic mass is 9.78. The fourth-order valence-electron chi connectivity index (χ4n) is 4.94. The molecule has 2 aromatic heterocycles. The average Bonchev–Trinajstić information content (AvgIpc) is 3.23. The van der Waals surface area contributed by atoms with Crippen molar-refractivity contribution in [2.45, 2.75) is 25.7 Å². The highest BCUT2D eigenvalue weighted by molar-refractivity contribution is 6.41. The summed E-state index contributed by atoms with van der Waals surface area (Å²) in [5.74, 6) is 1.83. The van der Waals surface area contributed by atoms with Gasteiger partial charge in [-0.2, -0.15) is 0 Å². The van der Waals surface area contributed by atoms with E-state index >= 15 is 0 Å². The maximum atomic E-state index is 6.68. The fraction of sp³-hybridized carbons (Fsp3) is 0.391. The zero-order valence-electron chi connectivity index (χ0n) is 17.3. The van der Waals surface area contributed by atoms with Crippen LogP contribution in [0.25, 0.3) is 22.0 Å². The van der Waals surface area contributed by atoms with Crippen molar-refractivity contribution in [1.29, 1.82) is 0 Å². The number of ether oxygens (including phenoxy) is 2. The predicted molar refractivity (Wildman–Crippen MR) is 126 cm³/mol. The van der Waals surface area contributed by atoms with Gasteiger partial charge in [0.2, 0.25) is 0 Å². The van der Waals surface area contributed by atoms with Crippen LogP contribution in [0.5, 0.6) is 11.5 Å². The first-order valence-electron chi connectivity index (χ1n) is 10.3. The molecular formula is C23H22Cl3N3O2. The summed E-state index contributed by atoms with van der Waals surface area (Å²) in [6, 6.07) is 5.48. The Kier molecular flexibility index (Phi) is 5.32. The van der Waals surface area contributed by atoms with Crippen molar-refractivity contribution in [3.8, 4) is 22.8 Å². The Labute approximate surface area is 196 Å². The lowest BCUT2D eigenvalue weighted by Gasteiger charge is -2.49. The highest BCUT2D eigenvalue weighted by Gasteiger charge is 2.45. The van der Waals surface area contributed by atoms with E-state index in [9.17, 15) is 0 Å². The van der Waals surface area contributed by atoms with Gasteiger partial charge in [-0.25, -0.2) is 9.97 Å². The molecule has 3 aromatic rings. The van der Waals surface area contributed by atoms with E-state index in [0.29, 0.717) is 43.4 Å². The second-order valence-electron chi connectivity index (χ2n) is 8.41. The zero-order chi connectivity index (χ0) is 21.8. The Hall–Kier alpha value is -1.95. The molecule has 5 nitrogen and oxygen atoms in total. The van der Waals surface area contributed by atoms with E-state index in [4.69, 9.17) is 49.3 Å². The molecule has 31 heavy (non-hydrogen) atoms. The summed E-state index contributed by atoms with van der Waals surface area (Å²) in [4.78, 5) is 11.6. The van der Waals surface area contributed by atoms with Crippen LogP contribution in [-0.2, 0) is 0 Å². The smallest absolute Gasteiger partial charge is 0.141 e. The van der Waals surface area contributed by atoms with Gasteiger partial charge < -0.3 is 14.4 Å². The number of benzene rings is 1. The van der Waals surface area contributed by atoms with E-state index in [1.165, 1.54) is 25.7 Å². The quantitative estimate of drug-likeness (QED) is 0.393. The largest absolute Gasteiger partial charge is 0.495 e. The van der Waals surface area contributed by atoms with Crippen molar-refractivity contribution in [1.82, 2.24) is 9.97 Å². The van der Waals surface area contributed by atoms with Gasteiger partial charge in [-0.05, 0) is 25.0 Å². The minimum absolute atomic E-state index is 0.392. The van der Waals surface area contributed by atoms with Gasteiger partial charge in [0.05, 0.1) is 30.0 Å². The number of hydrogen-bond acceptors (Lipinski definition) is 5. The first-order valence-corrected chi connectivity index (χ1v) is 11.4. The molecule has 1 aliphatic carbocycles. The minimum atomic E-state index is 0.392. The molecular weight excluding hydrogens is 457 g/mol. The third kappa shape index (κ3) is 3.47. The Balaban J connectivity index is 1.69. The van der Waals surface area contributed by atoms with Crippen molar-refractivity contribution in [2.75, 3.05) is 32.2 Å². The zero-order valence-corrected chi connectivity index (χ0v) is 19.6. The molecule has 0 amide bonds. The third-order valence-corrected chi connectivity index (χ3v) is 7.46. The van der Waals surface area contributed by atoms with Crippen molar-refractivity contribution in [3.05, 3.63) is 39.6 Å². The number of aromatic nitrogens is 2. The number of hydrogen-bond donors (Lipinski definition) is 0. The lowest BCUT2D eigenvalue weighted by molar-refractivity contribution is 0.221. The number of pyridine rings is 2. The first-order chi connectivity index (χ1) is 14.9. The summed E-state index contributed by atoms with van der Waals surface area (Å²) >= 11 is 19.6. The van der Waals surface area contributed by atoms with Crippen LogP contribution in [0.3, 0.4) is 0 Å². The van der Waals surface area contributed by atoms with E-state index in [1.807, 2.05) is 12.1 Å². The third-order valence-electron chi connectivity index (χ3n) is 6.51. The second-order valence-corrected chi connectivity index (χ2v) is 9.55. The van der Waals surface area contributed by atoms with Gasteiger partial charge in [-0.3, -0.25) is 0 Å². The molecule has 5 rings (SSSR count). The Bertz CT molecular complexity index is 1140. The van der Waals surface area contributed by atoms with Crippen molar-refractivity contribution >= 4 is 51.4 Å². The number of halogens is 3. The number of anilines is 1. The molecule has 0 unspecified atom stereocenters. The molecule has 162 valence electrons. The molecule has 1 aromatic carbocycles. The minimum Gasteiger partial charge on any atom is -0.495 e. The lowest BCUT2D eigenvalue weighted by Crippen LogP contribution is -2.55. The van der Waals surface area contributed by atoms with Gasteiger partial charge in [-0.1, -0.05) is 47.6 Å². The van der Waals surface area contributed by atoms with Crippen LogP contribution in [0.1, 0.15) is 25.7 Å². The molecule has 0 N–H and O–H groups in total. The molecule has 0 bridgehead atoms. The fourth-order valence-corrected chi connectivity index (χ4v) is 5.79. The van der Waals surface area contributed by atoms with E-state index in [0.717, 1.165) is 29.7 Å². The molecule has 2 fully saturated rings. The summed E-state index contributed by atoms with van der Waals surface area (Å²) in [6.07, 6.45) is 6.96. The van der Waals surface area contributed by atoms with E-state index in [1.54, 1.807) is 26.5 Å². The topological polar surface area (TPSA) is 47.5 Å². The van der Waals surface area contributed by atoms with Gasteiger partial charge in [0.25, 0.3) is 0 Å². The van der Waals surface area contributed by atoms with Crippen LogP contribution >= 0.6 is 34.8 Å².